The lowest BCUT2D eigenvalue weighted by atomic mass is 9.85. The molecule has 32 heavy (non-hydrogen) atoms. The van der Waals surface area contributed by atoms with Crippen LogP contribution in [-0.2, 0) is 16.9 Å². The Kier molecular flexibility index (Phi) is 5.58. The van der Waals surface area contributed by atoms with Gasteiger partial charge in [0.25, 0.3) is 5.91 Å². The SMILES string of the molecule is Cc1ccc(CN2C[C@@H]3C(CNC(=O)C(O)(c4ccccc4)c4ccccc4)[C@@H]3C2)cc1. The van der Waals surface area contributed by atoms with Crippen molar-refractivity contribution in [2.75, 3.05) is 19.6 Å². The van der Waals surface area contributed by atoms with Gasteiger partial charge >= 0.3 is 0 Å². The molecule has 0 bridgehead atoms. The van der Waals surface area contributed by atoms with Crippen molar-refractivity contribution in [3.05, 3.63) is 107 Å². The predicted molar refractivity (Wildman–Crippen MR) is 126 cm³/mol. The van der Waals surface area contributed by atoms with Gasteiger partial charge in [-0.3, -0.25) is 9.69 Å². The molecule has 1 heterocycles. The smallest absolute Gasteiger partial charge is 0.261 e. The lowest BCUT2D eigenvalue weighted by Gasteiger charge is -2.28. The summed E-state index contributed by atoms with van der Waals surface area (Å²) in [6, 6.07) is 27.2. The first-order valence-electron chi connectivity index (χ1n) is 11.5. The van der Waals surface area contributed by atoms with E-state index in [4.69, 9.17) is 0 Å². The largest absolute Gasteiger partial charge is 0.372 e. The maximum Gasteiger partial charge on any atom is 0.261 e. The minimum Gasteiger partial charge on any atom is -0.372 e. The Morgan fingerprint density at radius 3 is 1.97 bits per heavy atom. The summed E-state index contributed by atoms with van der Waals surface area (Å²) in [5.74, 6) is 1.44. The van der Waals surface area contributed by atoms with Gasteiger partial charge in [-0.25, -0.2) is 0 Å². The molecule has 1 unspecified atom stereocenters. The first-order valence-corrected chi connectivity index (χ1v) is 11.5. The van der Waals surface area contributed by atoms with E-state index in [0.717, 1.165) is 19.6 Å². The maximum absolute atomic E-state index is 13.3. The molecule has 0 spiro atoms. The molecule has 3 aromatic carbocycles. The van der Waals surface area contributed by atoms with Crippen molar-refractivity contribution in [1.29, 1.82) is 0 Å². The Labute approximate surface area is 189 Å². The van der Waals surface area contributed by atoms with Crippen LogP contribution in [0.2, 0.25) is 0 Å². The molecule has 5 rings (SSSR count). The summed E-state index contributed by atoms with van der Waals surface area (Å²) >= 11 is 0. The van der Waals surface area contributed by atoms with Crippen LogP contribution in [0.15, 0.2) is 84.9 Å². The zero-order valence-electron chi connectivity index (χ0n) is 18.4. The van der Waals surface area contributed by atoms with Gasteiger partial charge in [-0.1, -0.05) is 90.5 Å². The van der Waals surface area contributed by atoms with E-state index >= 15 is 0 Å². The number of likely N-dealkylation sites (tertiary alicyclic amines) is 1. The number of hydrogen-bond acceptors (Lipinski definition) is 3. The van der Waals surface area contributed by atoms with Crippen LogP contribution < -0.4 is 5.32 Å². The van der Waals surface area contributed by atoms with Crippen LogP contribution in [-0.4, -0.2) is 35.5 Å². The van der Waals surface area contributed by atoms with Crippen molar-refractivity contribution in [1.82, 2.24) is 10.2 Å². The molecule has 1 aliphatic heterocycles. The lowest BCUT2D eigenvalue weighted by molar-refractivity contribution is -0.136. The number of amides is 1. The van der Waals surface area contributed by atoms with Crippen LogP contribution in [0.1, 0.15) is 22.3 Å². The van der Waals surface area contributed by atoms with Crippen LogP contribution in [0.5, 0.6) is 0 Å². The zero-order chi connectivity index (χ0) is 22.1. The van der Waals surface area contributed by atoms with Gasteiger partial charge in [-0.15, -0.1) is 0 Å². The molecule has 0 radical (unpaired) electrons. The minimum atomic E-state index is -1.69. The fraction of sp³-hybridized carbons (Fsp3) is 0.321. The number of fused-ring (bicyclic) bond motifs is 1. The molecule has 1 saturated carbocycles. The number of benzene rings is 3. The highest BCUT2D eigenvalue weighted by atomic mass is 16.3. The van der Waals surface area contributed by atoms with Crippen LogP contribution in [0.25, 0.3) is 0 Å². The van der Waals surface area contributed by atoms with Crippen molar-refractivity contribution >= 4 is 5.91 Å². The highest BCUT2D eigenvalue weighted by Crippen LogP contribution is 2.51. The van der Waals surface area contributed by atoms with E-state index in [0.29, 0.717) is 35.4 Å². The fourth-order valence-corrected chi connectivity index (χ4v) is 5.25. The van der Waals surface area contributed by atoms with Gasteiger partial charge < -0.3 is 10.4 Å². The number of piperidine rings is 1. The predicted octanol–water partition coefficient (Wildman–Crippen LogP) is 3.73. The molecule has 3 atom stereocenters. The van der Waals surface area contributed by atoms with Crippen molar-refractivity contribution in [2.45, 2.75) is 19.1 Å². The molecule has 2 aliphatic rings. The number of nitrogens with one attached hydrogen (secondary N) is 1. The zero-order valence-corrected chi connectivity index (χ0v) is 18.4. The van der Waals surface area contributed by atoms with Gasteiger partial charge in [0.1, 0.15) is 0 Å². The van der Waals surface area contributed by atoms with Crippen molar-refractivity contribution in [3.63, 3.8) is 0 Å². The highest BCUT2D eigenvalue weighted by molar-refractivity contribution is 5.90. The number of carbonyl (C=O) groups excluding carboxylic acids is 1. The van der Waals surface area contributed by atoms with Gasteiger partial charge in [0.2, 0.25) is 0 Å². The molecule has 1 aliphatic carbocycles. The summed E-state index contributed by atoms with van der Waals surface area (Å²) in [4.78, 5) is 15.8. The van der Waals surface area contributed by atoms with Gasteiger partial charge in [-0.2, -0.15) is 0 Å². The molecule has 2 fully saturated rings. The monoisotopic (exact) mass is 426 g/mol. The molecule has 4 heteroatoms. The molecule has 0 aromatic heterocycles. The van der Waals surface area contributed by atoms with Crippen LogP contribution in [0.4, 0.5) is 0 Å². The Morgan fingerprint density at radius 2 is 1.44 bits per heavy atom. The summed E-state index contributed by atoms with van der Waals surface area (Å²) in [7, 11) is 0. The van der Waals surface area contributed by atoms with E-state index in [1.807, 2.05) is 36.4 Å². The Hall–Kier alpha value is -2.95. The van der Waals surface area contributed by atoms with Crippen LogP contribution in [0, 0.1) is 24.7 Å². The van der Waals surface area contributed by atoms with E-state index < -0.39 is 5.60 Å². The number of carbonyl (C=O) groups is 1. The van der Waals surface area contributed by atoms with E-state index in [1.165, 1.54) is 11.1 Å². The van der Waals surface area contributed by atoms with Gasteiger partial charge in [-0.05, 0) is 41.4 Å². The van der Waals surface area contributed by atoms with Crippen LogP contribution in [0.3, 0.4) is 0 Å². The van der Waals surface area contributed by atoms with E-state index in [-0.39, 0.29) is 5.91 Å². The molecule has 164 valence electrons. The second-order valence-corrected chi connectivity index (χ2v) is 9.32. The molecular weight excluding hydrogens is 396 g/mol. The maximum atomic E-state index is 13.3. The quantitative estimate of drug-likeness (QED) is 0.605. The molecule has 1 saturated heterocycles. The first-order chi connectivity index (χ1) is 15.6. The standard InChI is InChI=1S/C28H30N2O2/c1-20-12-14-21(15-13-20)17-30-18-25-24(26(25)19-30)16-29-27(31)28(32,22-8-4-2-5-9-22)23-10-6-3-7-11-23/h2-15,24-26,32H,16-19H2,1H3,(H,29,31)/t24?,25-,26+. The van der Waals surface area contributed by atoms with Crippen molar-refractivity contribution in [2.24, 2.45) is 17.8 Å². The molecule has 3 aromatic rings. The van der Waals surface area contributed by atoms with Crippen LogP contribution >= 0.6 is 0 Å². The summed E-state index contributed by atoms with van der Waals surface area (Å²) in [5, 5.41) is 14.6. The Balaban J connectivity index is 1.20. The van der Waals surface area contributed by atoms with Gasteiger partial charge in [0, 0.05) is 26.2 Å². The summed E-state index contributed by atoms with van der Waals surface area (Å²) < 4.78 is 0. The van der Waals surface area contributed by atoms with Gasteiger partial charge in [0.15, 0.2) is 5.60 Å². The number of hydrogen-bond donors (Lipinski definition) is 2. The van der Waals surface area contributed by atoms with Gasteiger partial charge in [0.05, 0.1) is 0 Å². The van der Waals surface area contributed by atoms with Crippen molar-refractivity contribution < 1.29 is 9.90 Å². The van der Waals surface area contributed by atoms with Crippen molar-refractivity contribution in [3.8, 4) is 0 Å². The van der Waals surface area contributed by atoms with E-state index in [1.54, 1.807) is 24.3 Å². The first kappa shape index (κ1) is 20.9. The molecule has 2 N–H and O–H groups in total. The van der Waals surface area contributed by atoms with E-state index in [2.05, 4.69) is 41.4 Å². The average Bonchev–Trinajstić information content (AvgIpc) is 3.29. The minimum absolute atomic E-state index is 0.351. The lowest BCUT2D eigenvalue weighted by Crippen LogP contribution is -2.46. The number of aliphatic hydroxyl groups is 1. The summed E-state index contributed by atoms with van der Waals surface area (Å²) in [6.45, 7) is 5.90. The third kappa shape index (κ3) is 3.96. The normalized spacial score (nSPS) is 22.4. The third-order valence-electron chi connectivity index (χ3n) is 7.18. The summed E-state index contributed by atoms with van der Waals surface area (Å²) in [5.41, 5.74) is 2.13. The Morgan fingerprint density at radius 1 is 0.906 bits per heavy atom. The number of aryl methyl sites for hydroxylation is 1. The average molecular weight is 427 g/mol. The third-order valence-corrected chi connectivity index (χ3v) is 7.18. The summed E-state index contributed by atoms with van der Waals surface area (Å²) in [6.07, 6.45) is 0. The van der Waals surface area contributed by atoms with E-state index in [9.17, 15) is 9.90 Å². The molecule has 4 nitrogen and oxygen atoms in total. The number of rotatable bonds is 7. The second-order valence-electron chi connectivity index (χ2n) is 9.32. The second kappa shape index (κ2) is 8.53. The Bertz CT molecular complexity index is 1010. The molecule has 1 amide bonds. The molecular formula is C28H30N2O2. The fourth-order valence-electron chi connectivity index (χ4n) is 5.25. The number of nitrogens with zero attached hydrogens (tertiary/aromatic N) is 1. The topological polar surface area (TPSA) is 52.6 Å². The highest BCUT2D eigenvalue weighted by Gasteiger charge is 2.55.